The van der Waals surface area contributed by atoms with E-state index < -0.39 is 0 Å². The Labute approximate surface area is 131 Å². The van der Waals surface area contributed by atoms with Crippen LogP contribution in [-0.2, 0) is 0 Å². The summed E-state index contributed by atoms with van der Waals surface area (Å²) in [5, 5.41) is 3.68. The molecule has 1 fully saturated rings. The highest BCUT2D eigenvalue weighted by Crippen LogP contribution is 2.37. The minimum atomic E-state index is 0.633. The van der Waals surface area contributed by atoms with Crippen molar-refractivity contribution < 1.29 is 0 Å². The molecule has 0 amide bonds. The van der Waals surface area contributed by atoms with Crippen LogP contribution in [0.15, 0.2) is 24.3 Å². The number of nitrogens with one attached hydrogen (secondary N) is 1. The first-order valence-corrected chi connectivity index (χ1v) is 8.88. The zero-order valence-electron chi connectivity index (χ0n) is 14.4. The largest absolute Gasteiger partial charge is 0.316 e. The molecule has 1 heteroatoms. The predicted octanol–water partition coefficient (Wildman–Crippen LogP) is 5.33. The topological polar surface area (TPSA) is 12.0 Å². The second-order valence-electron chi connectivity index (χ2n) is 7.52. The summed E-state index contributed by atoms with van der Waals surface area (Å²) in [5.41, 5.74) is 3.03. The van der Waals surface area contributed by atoms with Gasteiger partial charge in [-0.25, -0.2) is 0 Å². The lowest BCUT2D eigenvalue weighted by Gasteiger charge is -2.32. The molecule has 0 spiro atoms. The van der Waals surface area contributed by atoms with Crippen LogP contribution in [0.1, 0.15) is 76.3 Å². The Hall–Kier alpha value is -0.820. The summed E-state index contributed by atoms with van der Waals surface area (Å²) in [7, 11) is 0. The Morgan fingerprint density at radius 2 is 1.67 bits per heavy atom. The van der Waals surface area contributed by atoms with E-state index in [-0.39, 0.29) is 0 Å². The van der Waals surface area contributed by atoms with E-state index in [4.69, 9.17) is 0 Å². The van der Waals surface area contributed by atoms with Gasteiger partial charge in [-0.15, -0.1) is 0 Å². The van der Waals surface area contributed by atoms with E-state index in [2.05, 4.69) is 57.3 Å². The molecule has 0 bridgehead atoms. The fourth-order valence-electron chi connectivity index (χ4n) is 3.58. The van der Waals surface area contributed by atoms with Crippen molar-refractivity contribution in [3.05, 3.63) is 35.4 Å². The van der Waals surface area contributed by atoms with Gasteiger partial charge in [-0.05, 0) is 60.7 Å². The van der Waals surface area contributed by atoms with E-state index in [0.717, 1.165) is 24.3 Å². The highest BCUT2D eigenvalue weighted by Gasteiger charge is 2.26. The van der Waals surface area contributed by atoms with Crippen molar-refractivity contribution in [3.63, 3.8) is 0 Å². The second-order valence-corrected chi connectivity index (χ2v) is 7.52. The molecule has 1 saturated carbocycles. The zero-order valence-corrected chi connectivity index (χ0v) is 14.4. The van der Waals surface area contributed by atoms with Gasteiger partial charge in [0.2, 0.25) is 0 Å². The summed E-state index contributed by atoms with van der Waals surface area (Å²) in [5.74, 6) is 2.97. The quantitative estimate of drug-likeness (QED) is 0.745. The lowest BCUT2D eigenvalue weighted by Crippen LogP contribution is -2.31. The predicted molar refractivity (Wildman–Crippen MR) is 92.9 cm³/mol. The van der Waals surface area contributed by atoms with Crippen LogP contribution < -0.4 is 5.32 Å². The molecule has 1 aliphatic carbocycles. The van der Waals surface area contributed by atoms with E-state index in [1.807, 2.05) is 0 Å². The van der Waals surface area contributed by atoms with Crippen LogP contribution in [0.3, 0.4) is 0 Å². The van der Waals surface area contributed by atoms with Crippen molar-refractivity contribution in [2.45, 2.75) is 65.2 Å². The maximum absolute atomic E-state index is 3.68. The van der Waals surface area contributed by atoms with E-state index >= 15 is 0 Å². The van der Waals surface area contributed by atoms with Crippen molar-refractivity contribution in [3.8, 4) is 0 Å². The van der Waals surface area contributed by atoms with E-state index in [1.54, 1.807) is 5.56 Å². The first kappa shape index (κ1) is 16.5. The van der Waals surface area contributed by atoms with Crippen molar-refractivity contribution in [1.82, 2.24) is 5.32 Å². The summed E-state index contributed by atoms with van der Waals surface area (Å²) in [6.45, 7) is 11.5. The molecule has 0 radical (unpaired) electrons. The van der Waals surface area contributed by atoms with E-state index in [9.17, 15) is 0 Å². The van der Waals surface area contributed by atoms with Crippen LogP contribution in [0, 0.1) is 11.8 Å². The van der Waals surface area contributed by atoms with Gasteiger partial charge in [-0.2, -0.15) is 0 Å². The molecule has 0 saturated heterocycles. The molecular weight excluding hydrogens is 254 g/mol. The van der Waals surface area contributed by atoms with Gasteiger partial charge in [0.15, 0.2) is 0 Å². The average molecular weight is 287 g/mol. The van der Waals surface area contributed by atoms with Crippen LogP contribution in [0.5, 0.6) is 0 Å². The third-order valence-electron chi connectivity index (χ3n) is 4.90. The summed E-state index contributed by atoms with van der Waals surface area (Å²) < 4.78 is 0. The first-order valence-electron chi connectivity index (χ1n) is 8.88. The van der Waals surface area contributed by atoms with Gasteiger partial charge in [-0.3, -0.25) is 0 Å². The Balaban J connectivity index is 2.00. The highest BCUT2D eigenvalue weighted by molar-refractivity contribution is 5.28. The van der Waals surface area contributed by atoms with E-state index in [1.165, 1.54) is 37.8 Å². The molecule has 118 valence electrons. The maximum atomic E-state index is 3.68. The Kier molecular flexibility index (Phi) is 6.29. The Morgan fingerprint density at radius 3 is 2.29 bits per heavy atom. The zero-order chi connectivity index (χ0) is 15.2. The summed E-state index contributed by atoms with van der Waals surface area (Å²) >= 11 is 0. The minimum Gasteiger partial charge on any atom is -0.316 e. The van der Waals surface area contributed by atoms with Crippen molar-refractivity contribution in [2.24, 2.45) is 11.8 Å². The molecule has 2 unspecified atom stereocenters. The lowest BCUT2D eigenvalue weighted by molar-refractivity contribution is 0.292. The molecule has 1 nitrogen and oxygen atoms in total. The van der Waals surface area contributed by atoms with Crippen molar-refractivity contribution in [2.75, 3.05) is 13.1 Å². The Bertz CT molecular complexity index is 404. The summed E-state index contributed by atoms with van der Waals surface area (Å²) in [6.07, 6.45) is 5.57. The van der Waals surface area contributed by atoms with Gasteiger partial charge in [0.1, 0.15) is 0 Å². The molecule has 0 aromatic heterocycles. The van der Waals surface area contributed by atoms with Gasteiger partial charge in [-0.1, -0.05) is 64.8 Å². The van der Waals surface area contributed by atoms with Gasteiger partial charge in [0.05, 0.1) is 0 Å². The molecule has 1 aromatic rings. The van der Waals surface area contributed by atoms with Gasteiger partial charge in [0, 0.05) is 0 Å². The Morgan fingerprint density at radius 1 is 1.00 bits per heavy atom. The van der Waals surface area contributed by atoms with E-state index in [0.29, 0.717) is 5.92 Å². The van der Waals surface area contributed by atoms with Crippen LogP contribution in [0.4, 0.5) is 0 Å². The van der Waals surface area contributed by atoms with Crippen LogP contribution >= 0.6 is 0 Å². The maximum Gasteiger partial charge on any atom is -0.00146 e. The molecule has 1 aliphatic rings. The smallest absolute Gasteiger partial charge is 0.00146 e. The minimum absolute atomic E-state index is 0.633. The molecule has 2 rings (SSSR count). The molecule has 1 aromatic carbocycles. The normalized spacial score (nSPS) is 23.0. The van der Waals surface area contributed by atoms with Gasteiger partial charge in [0.25, 0.3) is 0 Å². The average Bonchev–Trinajstić information content (AvgIpc) is 2.47. The molecule has 2 atom stereocenters. The van der Waals surface area contributed by atoms with Crippen molar-refractivity contribution >= 4 is 0 Å². The monoisotopic (exact) mass is 287 g/mol. The summed E-state index contributed by atoms with van der Waals surface area (Å²) in [6, 6.07) is 9.46. The highest BCUT2D eigenvalue weighted by atomic mass is 14.9. The van der Waals surface area contributed by atoms with Crippen LogP contribution in [0.2, 0.25) is 0 Å². The molecule has 1 N–H and O–H groups in total. The molecule has 0 heterocycles. The molecule has 21 heavy (non-hydrogen) atoms. The third kappa shape index (κ3) is 4.85. The fourth-order valence-corrected chi connectivity index (χ4v) is 3.58. The van der Waals surface area contributed by atoms with Gasteiger partial charge < -0.3 is 5.32 Å². The first-order chi connectivity index (χ1) is 10.1. The SMILES string of the molecule is CC(C)CNCC1CCCCC1c1ccc(C(C)C)cc1. The number of benzene rings is 1. The number of hydrogen-bond donors (Lipinski definition) is 1. The van der Waals surface area contributed by atoms with Gasteiger partial charge >= 0.3 is 0 Å². The van der Waals surface area contributed by atoms with Crippen LogP contribution in [0.25, 0.3) is 0 Å². The lowest BCUT2D eigenvalue weighted by atomic mass is 9.75. The third-order valence-corrected chi connectivity index (χ3v) is 4.90. The fraction of sp³-hybridized carbons (Fsp3) is 0.700. The molecule has 0 aliphatic heterocycles. The second kappa shape index (κ2) is 7.98. The molecular formula is C20H33N. The summed E-state index contributed by atoms with van der Waals surface area (Å²) in [4.78, 5) is 0. The number of rotatable bonds is 6. The van der Waals surface area contributed by atoms with Crippen molar-refractivity contribution in [1.29, 1.82) is 0 Å². The number of hydrogen-bond acceptors (Lipinski definition) is 1. The standard InChI is InChI=1S/C20H33N/c1-15(2)13-21-14-19-7-5-6-8-20(19)18-11-9-17(10-12-18)16(3)4/h9-12,15-16,19-21H,5-8,13-14H2,1-4H3. The van der Waals surface area contributed by atoms with Crippen LogP contribution in [-0.4, -0.2) is 13.1 Å².